The van der Waals surface area contributed by atoms with Crippen LogP contribution in [0.1, 0.15) is 26.2 Å². The number of nitrogen functional groups attached to an aromatic ring is 1. The van der Waals surface area contributed by atoms with E-state index in [0.717, 1.165) is 31.4 Å². The molecule has 0 amide bonds. The van der Waals surface area contributed by atoms with Crippen molar-refractivity contribution >= 4 is 15.7 Å². The molecular weight excluding hydrogens is 255 g/mol. The Morgan fingerprint density at radius 2 is 2.11 bits per heavy atom. The van der Waals surface area contributed by atoms with Gasteiger partial charge in [-0.25, -0.2) is 17.5 Å². The van der Waals surface area contributed by atoms with E-state index in [2.05, 4.69) is 4.72 Å². The summed E-state index contributed by atoms with van der Waals surface area (Å²) in [6.45, 7) is 1.85. The fourth-order valence-corrected chi connectivity index (χ4v) is 3.53. The molecule has 6 heteroatoms. The van der Waals surface area contributed by atoms with Gasteiger partial charge < -0.3 is 5.73 Å². The van der Waals surface area contributed by atoms with Crippen LogP contribution in [0.25, 0.3) is 0 Å². The van der Waals surface area contributed by atoms with Crippen molar-refractivity contribution < 1.29 is 12.8 Å². The standard InChI is InChI=1S/C12H17FN2O2S/c1-8(9-3-2-4-9)15-18(16,17)12-6-5-10(13)7-11(12)14/h5-9,15H,2-4,14H2,1H3. The number of halogens is 1. The van der Waals surface area contributed by atoms with Crippen LogP contribution in [-0.2, 0) is 10.0 Å². The van der Waals surface area contributed by atoms with E-state index >= 15 is 0 Å². The number of sulfonamides is 1. The smallest absolute Gasteiger partial charge is 0.242 e. The Hall–Kier alpha value is -1.14. The maximum atomic E-state index is 12.9. The molecule has 1 aromatic carbocycles. The van der Waals surface area contributed by atoms with E-state index in [4.69, 9.17) is 5.73 Å². The van der Waals surface area contributed by atoms with Crippen molar-refractivity contribution in [1.82, 2.24) is 4.72 Å². The number of anilines is 1. The maximum Gasteiger partial charge on any atom is 0.242 e. The molecule has 3 N–H and O–H groups in total. The molecule has 1 aliphatic carbocycles. The van der Waals surface area contributed by atoms with Crippen molar-refractivity contribution in [3.63, 3.8) is 0 Å². The van der Waals surface area contributed by atoms with Crippen molar-refractivity contribution in [1.29, 1.82) is 0 Å². The van der Waals surface area contributed by atoms with Gasteiger partial charge in [0.05, 0.1) is 5.69 Å². The second-order valence-electron chi connectivity index (χ2n) is 4.78. The third-order valence-corrected chi connectivity index (χ3v) is 5.09. The number of nitrogens with one attached hydrogen (secondary N) is 1. The van der Waals surface area contributed by atoms with Crippen molar-refractivity contribution in [3.8, 4) is 0 Å². The van der Waals surface area contributed by atoms with Gasteiger partial charge >= 0.3 is 0 Å². The van der Waals surface area contributed by atoms with Crippen molar-refractivity contribution in [2.75, 3.05) is 5.73 Å². The zero-order chi connectivity index (χ0) is 13.3. The van der Waals surface area contributed by atoms with Gasteiger partial charge in [0.1, 0.15) is 10.7 Å². The van der Waals surface area contributed by atoms with Crippen LogP contribution in [0, 0.1) is 11.7 Å². The maximum absolute atomic E-state index is 12.9. The van der Waals surface area contributed by atoms with Crippen molar-refractivity contribution in [2.45, 2.75) is 37.1 Å². The molecule has 1 atom stereocenters. The van der Waals surface area contributed by atoms with Gasteiger partial charge in [-0.15, -0.1) is 0 Å². The summed E-state index contributed by atoms with van der Waals surface area (Å²) in [5, 5.41) is 0. The molecule has 1 aromatic rings. The summed E-state index contributed by atoms with van der Waals surface area (Å²) in [4.78, 5) is -0.0601. The highest BCUT2D eigenvalue weighted by Gasteiger charge is 2.28. The second-order valence-corrected chi connectivity index (χ2v) is 6.47. The lowest BCUT2D eigenvalue weighted by Crippen LogP contribution is -2.40. The first-order chi connectivity index (χ1) is 8.40. The molecule has 0 saturated heterocycles. The Morgan fingerprint density at radius 1 is 1.44 bits per heavy atom. The van der Waals surface area contributed by atoms with Crippen LogP contribution in [0.3, 0.4) is 0 Å². The van der Waals surface area contributed by atoms with E-state index in [0.29, 0.717) is 5.92 Å². The summed E-state index contributed by atoms with van der Waals surface area (Å²) in [6, 6.07) is 3.19. The molecular formula is C12H17FN2O2S. The van der Waals surface area contributed by atoms with E-state index in [-0.39, 0.29) is 16.6 Å². The third-order valence-electron chi connectivity index (χ3n) is 3.46. The molecule has 0 aliphatic heterocycles. The minimum Gasteiger partial charge on any atom is -0.398 e. The predicted molar refractivity (Wildman–Crippen MR) is 67.9 cm³/mol. The molecule has 2 rings (SSSR count). The minimum atomic E-state index is -3.67. The van der Waals surface area contributed by atoms with Crippen molar-refractivity contribution in [3.05, 3.63) is 24.0 Å². The number of nitrogens with two attached hydrogens (primary N) is 1. The lowest BCUT2D eigenvalue weighted by atomic mass is 9.81. The molecule has 1 saturated carbocycles. The first-order valence-corrected chi connectivity index (χ1v) is 7.46. The number of benzene rings is 1. The first kappa shape index (κ1) is 13.3. The summed E-state index contributed by atoms with van der Waals surface area (Å²) in [6.07, 6.45) is 3.24. The Balaban J connectivity index is 2.19. The molecule has 1 unspecified atom stereocenters. The van der Waals surface area contributed by atoms with Gasteiger partial charge in [0.25, 0.3) is 0 Å². The molecule has 4 nitrogen and oxygen atoms in total. The summed E-state index contributed by atoms with van der Waals surface area (Å²) in [5.41, 5.74) is 5.48. The summed E-state index contributed by atoms with van der Waals surface area (Å²) in [5.74, 6) is -0.153. The normalized spacial score (nSPS) is 18.3. The molecule has 0 bridgehead atoms. The SMILES string of the molecule is CC(NS(=O)(=O)c1ccc(F)cc1N)C1CCC1. The van der Waals surface area contributed by atoms with E-state index in [1.54, 1.807) is 0 Å². The summed E-state index contributed by atoms with van der Waals surface area (Å²) < 4.78 is 39.7. The molecule has 1 fully saturated rings. The quantitative estimate of drug-likeness (QED) is 0.822. The molecule has 1 aliphatic rings. The van der Waals surface area contributed by atoms with Crippen LogP contribution in [-0.4, -0.2) is 14.5 Å². The molecule has 0 radical (unpaired) electrons. The van der Waals surface area contributed by atoms with Gasteiger partial charge in [0, 0.05) is 6.04 Å². The Bertz CT molecular complexity index is 541. The average Bonchev–Trinajstić information content (AvgIpc) is 2.12. The lowest BCUT2D eigenvalue weighted by molar-refractivity contribution is 0.260. The fourth-order valence-electron chi connectivity index (χ4n) is 2.11. The van der Waals surface area contributed by atoms with Gasteiger partial charge in [0.15, 0.2) is 0 Å². The lowest BCUT2D eigenvalue weighted by Gasteiger charge is -2.31. The molecule has 0 aromatic heterocycles. The molecule has 100 valence electrons. The summed E-state index contributed by atoms with van der Waals surface area (Å²) in [7, 11) is -3.67. The van der Waals surface area contributed by atoms with E-state index in [1.165, 1.54) is 6.07 Å². The van der Waals surface area contributed by atoms with Crippen LogP contribution in [0.4, 0.5) is 10.1 Å². The topological polar surface area (TPSA) is 72.2 Å². The zero-order valence-corrected chi connectivity index (χ0v) is 11.0. The highest BCUT2D eigenvalue weighted by Crippen LogP contribution is 2.30. The van der Waals surface area contributed by atoms with Crippen LogP contribution in [0.5, 0.6) is 0 Å². The molecule has 0 heterocycles. The predicted octanol–water partition coefficient (Wildman–Crippen LogP) is 1.87. The summed E-state index contributed by atoms with van der Waals surface area (Å²) >= 11 is 0. The van der Waals surface area contributed by atoms with Crippen LogP contribution in [0.2, 0.25) is 0 Å². The van der Waals surface area contributed by atoms with Crippen LogP contribution < -0.4 is 10.5 Å². The van der Waals surface area contributed by atoms with Gasteiger partial charge in [0.2, 0.25) is 10.0 Å². The fraction of sp³-hybridized carbons (Fsp3) is 0.500. The minimum absolute atomic E-state index is 0.0601. The highest BCUT2D eigenvalue weighted by molar-refractivity contribution is 7.89. The Morgan fingerprint density at radius 3 is 2.61 bits per heavy atom. The van der Waals surface area contributed by atoms with Crippen LogP contribution >= 0.6 is 0 Å². The molecule has 18 heavy (non-hydrogen) atoms. The monoisotopic (exact) mass is 272 g/mol. The Labute approximate surface area is 106 Å². The van der Waals surface area contributed by atoms with Gasteiger partial charge in [-0.3, -0.25) is 0 Å². The second kappa shape index (κ2) is 4.85. The van der Waals surface area contributed by atoms with E-state index < -0.39 is 15.8 Å². The number of rotatable bonds is 4. The third kappa shape index (κ3) is 2.64. The number of hydrogen-bond acceptors (Lipinski definition) is 3. The average molecular weight is 272 g/mol. The van der Waals surface area contributed by atoms with Crippen molar-refractivity contribution in [2.24, 2.45) is 5.92 Å². The van der Waals surface area contributed by atoms with E-state index in [1.807, 2.05) is 6.92 Å². The van der Waals surface area contributed by atoms with Gasteiger partial charge in [-0.2, -0.15) is 0 Å². The Kier molecular flexibility index (Phi) is 3.59. The van der Waals surface area contributed by atoms with E-state index in [9.17, 15) is 12.8 Å². The first-order valence-electron chi connectivity index (χ1n) is 5.97. The van der Waals surface area contributed by atoms with Crippen LogP contribution in [0.15, 0.2) is 23.1 Å². The largest absolute Gasteiger partial charge is 0.398 e. The zero-order valence-electron chi connectivity index (χ0n) is 10.2. The van der Waals surface area contributed by atoms with Gasteiger partial charge in [-0.1, -0.05) is 6.42 Å². The number of hydrogen-bond donors (Lipinski definition) is 2. The highest BCUT2D eigenvalue weighted by atomic mass is 32.2. The van der Waals surface area contributed by atoms with Gasteiger partial charge in [-0.05, 0) is 43.9 Å². The molecule has 0 spiro atoms.